The lowest BCUT2D eigenvalue weighted by Crippen LogP contribution is -2.47. The zero-order valence-electron chi connectivity index (χ0n) is 15.4. The number of carbonyl (C=O) groups excluding carboxylic acids is 1. The highest BCUT2D eigenvalue weighted by Gasteiger charge is 2.33. The van der Waals surface area contributed by atoms with E-state index in [-0.39, 0.29) is 11.8 Å². The Balaban J connectivity index is 1.53. The number of rotatable bonds is 7. The summed E-state index contributed by atoms with van der Waals surface area (Å²) in [4.78, 5) is 12.3. The van der Waals surface area contributed by atoms with Crippen LogP contribution in [0.1, 0.15) is 55.6 Å². The molecule has 0 aliphatic carbocycles. The average molecular weight is 360 g/mol. The molecule has 2 aliphatic rings. The fourth-order valence-electron chi connectivity index (χ4n) is 3.98. The minimum Gasteiger partial charge on any atom is -0.492 e. The van der Waals surface area contributed by atoms with Crippen LogP contribution in [0.25, 0.3) is 0 Å². The van der Waals surface area contributed by atoms with E-state index >= 15 is 0 Å². The molecule has 4 N–H and O–H groups in total. The third-order valence-electron chi connectivity index (χ3n) is 5.49. The summed E-state index contributed by atoms with van der Waals surface area (Å²) in [6.07, 6.45) is 5.15. The molecule has 2 heterocycles. The molecule has 3 atom stereocenters. The van der Waals surface area contributed by atoms with Gasteiger partial charge >= 0.3 is 7.12 Å². The normalized spacial score (nSPS) is 23.0. The monoisotopic (exact) mass is 360 g/mol. The van der Waals surface area contributed by atoms with E-state index in [1.165, 1.54) is 12.8 Å². The Labute approximate surface area is 155 Å². The number of aryl methyl sites for hydroxylation is 1. The maximum atomic E-state index is 12.3. The fourth-order valence-corrected chi connectivity index (χ4v) is 3.98. The van der Waals surface area contributed by atoms with Crippen molar-refractivity contribution < 1.29 is 19.6 Å². The van der Waals surface area contributed by atoms with Crippen LogP contribution in [0.15, 0.2) is 18.2 Å². The molecule has 142 valence electrons. The SMILES string of the molecule is Cc1cccc2c1OC[C@H]2C[C@H](NC(=O)CCC1CCCCN1)B(O)O. The highest BCUT2D eigenvalue weighted by Crippen LogP contribution is 2.38. The largest absolute Gasteiger partial charge is 0.492 e. The number of carbonyl (C=O) groups is 1. The lowest BCUT2D eigenvalue weighted by molar-refractivity contribution is -0.121. The number of ether oxygens (including phenoxy) is 1. The predicted molar refractivity (Wildman–Crippen MR) is 101 cm³/mol. The van der Waals surface area contributed by atoms with Crippen molar-refractivity contribution in [3.63, 3.8) is 0 Å². The summed E-state index contributed by atoms with van der Waals surface area (Å²) in [6.45, 7) is 3.52. The van der Waals surface area contributed by atoms with Crippen LogP contribution < -0.4 is 15.4 Å². The first-order chi connectivity index (χ1) is 12.5. The van der Waals surface area contributed by atoms with E-state index in [4.69, 9.17) is 4.74 Å². The molecule has 0 spiro atoms. The second-order valence-corrected chi connectivity index (χ2v) is 7.51. The Morgan fingerprint density at radius 3 is 3.00 bits per heavy atom. The van der Waals surface area contributed by atoms with E-state index in [1.54, 1.807) is 0 Å². The van der Waals surface area contributed by atoms with Gasteiger partial charge < -0.3 is 25.4 Å². The fraction of sp³-hybridized carbons (Fsp3) is 0.632. The quantitative estimate of drug-likeness (QED) is 0.550. The number of hydrogen-bond acceptors (Lipinski definition) is 5. The van der Waals surface area contributed by atoms with Gasteiger partial charge in [-0.05, 0) is 44.7 Å². The van der Waals surface area contributed by atoms with Gasteiger partial charge in [-0.3, -0.25) is 4.79 Å². The zero-order valence-corrected chi connectivity index (χ0v) is 15.4. The number of nitrogens with one attached hydrogen (secondary N) is 2. The van der Waals surface area contributed by atoms with Gasteiger partial charge in [0.05, 0.1) is 12.5 Å². The molecule has 0 radical (unpaired) electrons. The van der Waals surface area contributed by atoms with Gasteiger partial charge in [0.25, 0.3) is 0 Å². The summed E-state index contributed by atoms with van der Waals surface area (Å²) in [5.41, 5.74) is 2.16. The van der Waals surface area contributed by atoms with Crippen LogP contribution in [0.2, 0.25) is 0 Å². The lowest BCUT2D eigenvalue weighted by atomic mass is 9.73. The summed E-state index contributed by atoms with van der Waals surface area (Å²) >= 11 is 0. The Morgan fingerprint density at radius 1 is 1.42 bits per heavy atom. The zero-order chi connectivity index (χ0) is 18.5. The van der Waals surface area contributed by atoms with Gasteiger partial charge in [-0.15, -0.1) is 0 Å². The number of amides is 1. The van der Waals surface area contributed by atoms with Crippen LogP contribution in [-0.4, -0.2) is 48.2 Å². The maximum absolute atomic E-state index is 12.3. The number of hydrogen-bond donors (Lipinski definition) is 4. The summed E-state index contributed by atoms with van der Waals surface area (Å²) in [6, 6.07) is 6.39. The van der Waals surface area contributed by atoms with Crippen LogP contribution in [0.3, 0.4) is 0 Å². The molecule has 3 rings (SSSR count). The molecule has 1 fully saturated rings. The predicted octanol–water partition coefficient (Wildman–Crippen LogP) is 1.28. The molecular weight excluding hydrogens is 331 g/mol. The summed E-state index contributed by atoms with van der Waals surface area (Å²) in [5, 5.41) is 25.7. The number of para-hydroxylation sites is 1. The van der Waals surface area contributed by atoms with Crippen molar-refractivity contribution in [1.29, 1.82) is 0 Å². The van der Waals surface area contributed by atoms with E-state index < -0.39 is 13.1 Å². The molecule has 0 aromatic heterocycles. The average Bonchev–Trinajstić information content (AvgIpc) is 3.04. The van der Waals surface area contributed by atoms with Crippen molar-refractivity contribution in [3.05, 3.63) is 29.3 Å². The van der Waals surface area contributed by atoms with Gasteiger partial charge in [0.15, 0.2) is 0 Å². The van der Waals surface area contributed by atoms with E-state index in [1.807, 2.05) is 25.1 Å². The molecule has 1 aromatic carbocycles. The Bertz CT molecular complexity index is 620. The van der Waals surface area contributed by atoms with Crippen LogP contribution in [0, 0.1) is 6.92 Å². The lowest BCUT2D eigenvalue weighted by Gasteiger charge is -2.24. The van der Waals surface area contributed by atoms with E-state index in [0.29, 0.717) is 25.5 Å². The van der Waals surface area contributed by atoms with E-state index in [0.717, 1.165) is 36.3 Å². The molecule has 7 heteroatoms. The smallest absolute Gasteiger partial charge is 0.475 e. The van der Waals surface area contributed by atoms with Crippen LogP contribution in [0.5, 0.6) is 5.75 Å². The topological polar surface area (TPSA) is 90.8 Å². The molecular formula is C19H29BN2O4. The van der Waals surface area contributed by atoms with Gasteiger partial charge in [-0.25, -0.2) is 0 Å². The van der Waals surface area contributed by atoms with Crippen LogP contribution >= 0.6 is 0 Å². The van der Waals surface area contributed by atoms with Crippen molar-refractivity contribution in [2.75, 3.05) is 13.2 Å². The molecule has 0 saturated carbocycles. The standard InChI is InChI=1S/C19H29BN2O4/c1-13-5-4-7-16-14(12-26-19(13)16)11-17(20(24)25)22-18(23)9-8-15-6-2-3-10-21-15/h4-5,7,14-15,17,21,24-25H,2-3,6,8-12H2,1H3,(H,22,23)/t14-,15?,17+/m1/s1. The van der Waals surface area contributed by atoms with Crippen LogP contribution in [0.4, 0.5) is 0 Å². The Kier molecular flexibility index (Phi) is 6.56. The molecule has 1 amide bonds. The first-order valence-electron chi connectivity index (χ1n) is 9.66. The Morgan fingerprint density at radius 2 is 2.27 bits per heavy atom. The van der Waals surface area contributed by atoms with Gasteiger partial charge in [0.2, 0.25) is 5.91 Å². The van der Waals surface area contributed by atoms with Gasteiger partial charge in [0.1, 0.15) is 5.75 Å². The third kappa shape index (κ3) is 4.78. The molecule has 0 bridgehead atoms. The van der Waals surface area contributed by atoms with Gasteiger partial charge in [-0.1, -0.05) is 24.6 Å². The minimum absolute atomic E-state index is 0.0528. The number of benzene rings is 1. The summed E-state index contributed by atoms with van der Waals surface area (Å²) < 4.78 is 5.77. The first-order valence-corrected chi connectivity index (χ1v) is 9.66. The highest BCUT2D eigenvalue weighted by atomic mass is 16.5. The summed E-state index contributed by atoms with van der Waals surface area (Å²) in [7, 11) is -1.58. The van der Waals surface area contributed by atoms with Gasteiger partial charge in [-0.2, -0.15) is 0 Å². The maximum Gasteiger partial charge on any atom is 0.475 e. The summed E-state index contributed by atoms with van der Waals surface area (Å²) in [5.74, 6) is 0.121. The van der Waals surface area contributed by atoms with Crippen molar-refractivity contribution in [2.45, 2.75) is 63.3 Å². The Hall–Kier alpha value is -1.57. The van der Waals surface area contributed by atoms with Gasteiger partial charge in [0, 0.05) is 23.9 Å². The third-order valence-corrected chi connectivity index (χ3v) is 5.49. The molecule has 26 heavy (non-hydrogen) atoms. The molecule has 1 aromatic rings. The molecule has 1 unspecified atom stereocenters. The van der Waals surface area contributed by atoms with Crippen molar-refractivity contribution >= 4 is 13.0 Å². The van der Waals surface area contributed by atoms with Crippen molar-refractivity contribution in [1.82, 2.24) is 10.6 Å². The molecule has 1 saturated heterocycles. The second kappa shape index (κ2) is 8.89. The number of fused-ring (bicyclic) bond motifs is 1. The van der Waals surface area contributed by atoms with Crippen molar-refractivity contribution in [3.8, 4) is 5.75 Å². The second-order valence-electron chi connectivity index (χ2n) is 7.51. The van der Waals surface area contributed by atoms with Crippen molar-refractivity contribution in [2.24, 2.45) is 0 Å². The highest BCUT2D eigenvalue weighted by molar-refractivity contribution is 6.43. The van der Waals surface area contributed by atoms with E-state index in [2.05, 4.69) is 10.6 Å². The molecule has 2 aliphatic heterocycles. The molecule has 6 nitrogen and oxygen atoms in total. The number of piperidine rings is 1. The first kappa shape index (κ1) is 19.2. The van der Waals surface area contributed by atoms with Crippen LogP contribution in [-0.2, 0) is 4.79 Å². The minimum atomic E-state index is -1.58. The van der Waals surface area contributed by atoms with E-state index in [9.17, 15) is 14.8 Å².